The van der Waals surface area contributed by atoms with Crippen LogP contribution in [0, 0.1) is 6.92 Å². The number of aryl methyl sites for hydroxylation is 1. The van der Waals surface area contributed by atoms with Crippen LogP contribution in [0.5, 0.6) is 11.5 Å². The van der Waals surface area contributed by atoms with Crippen LogP contribution in [0.3, 0.4) is 0 Å². The first-order valence-corrected chi connectivity index (χ1v) is 5.35. The van der Waals surface area contributed by atoms with Gasteiger partial charge in [-0.1, -0.05) is 0 Å². The standard InChI is InChI=1S/C12H17NO2/c1-9-7-11-12(15-6-5-14-11)8-10(9)3-4-13-2/h7-8,13H,3-6H2,1-2H3. The molecular formula is C12H17NO2. The van der Waals surface area contributed by atoms with Gasteiger partial charge in [0.05, 0.1) is 0 Å². The van der Waals surface area contributed by atoms with Crippen molar-refractivity contribution in [1.82, 2.24) is 5.32 Å². The second kappa shape index (κ2) is 4.53. The Morgan fingerprint density at radius 3 is 2.53 bits per heavy atom. The van der Waals surface area contributed by atoms with E-state index in [1.54, 1.807) is 0 Å². The van der Waals surface area contributed by atoms with Gasteiger partial charge in [0.2, 0.25) is 0 Å². The third-order valence-electron chi connectivity index (χ3n) is 2.65. The number of fused-ring (bicyclic) bond motifs is 1. The first-order chi connectivity index (χ1) is 7.31. The highest BCUT2D eigenvalue weighted by molar-refractivity contribution is 5.47. The van der Waals surface area contributed by atoms with Crippen LogP contribution in [-0.4, -0.2) is 26.8 Å². The van der Waals surface area contributed by atoms with Crippen LogP contribution in [0.1, 0.15) is 11.1 Å². The topological polar surface area (TPSA) is 30.5 Å². The van der Waals surface area contributed by atoms with E-state index in [2.05, 4.69) is 24.4 Å². The van der Waals surface area contributed by atoms with E-state index in [9.17, 15) is 0 Å². The highest BCUT2D eigenvalue weighted by Crippen LogP contribution is 2.32. The molecule has 0 atom stereocenters. The summed E-state index contributed by atoms with van der Waals surface area (Å²) in [6.45, 7) is 4.41. The fraction of sp³-hybridized carbons (Fsp3) is 0.500. The molecule has 3 heteroatoms. The highest BCUT2D eigenvalue weighted by Gasteiger charge is 2.13. The molecular weight excluding hydrogens is 190 g/mol. The van der Waals surface area contributed by atoms with E-state index in [1.807, 2.05) is 7.05 Å². The van der Waals surface area contributed by atoms with E-state index in [4.69, 9.17) is 9.47 Å². The molecule has 82 valence electrons. The molecule has 0 saturated carbocycles. The first kappa shape index (κ1) is 10.3. The highest BCUT2D eigenvalue weighted by atomic mass is 16.6. The van der Waals surface area contributed by atoms with Gasteiger partial charge in [-0.25, -0.2) is 0 Å². The number of hydrogen-bond acceptors (Lipinski definition) is 3. The lowest BCUT2D eigenvalue weighted by Gasteiger charge is -2.20. The molecule has 15 heavy (non-hydrogen) atoms. The zero-order chi connectivity index (χ0) is 10.7. The Morgan fingerprint density at radius 2 is 1.87 bits per heavy atom. The molecule has 0 unspecified atom stereocenters. The van der Waals surface area contributed by atoms with Crippen LogP contribution in [0.4, 0.5) is 0 Å². The number of ether oxygens (including phenoxy) is 2. The van der Waals surface area contributed by atoms with Crippen molar-refractivity contribution in [3.05, 3.63) is 23.3 Å². The molecule has 1 N–H and O–H groups in total. The Hall–Kier alpha value is -1.22. The van der Waals surface area contributed by atoms with Crippen molar-refractivity contribution in [2.45, 2.75) is 13.3 Å². The number of rotatable bonds is 3. The number of likely N-dealkylation sites (N-methyl/N-ethyl adjacent to an activating group) is 1. The molecule has 0 radical (unpaired) electrons. The third kappa shape index (κ3) is 2.23. The first-order valence-electron chi connectivity index (χ1n) is 5.35. The van der Waals surface area contributed by atoms with Crippen LogP contribution < -0.4 is 14.8 Å². The predicted molar refractivity (Wildman–Crippen MR) is 59.8 cm³/mol. The van der Waals surface area contributed by atoms with Crippen molar-refractivity contribution in [3.63, 3.8) is 0 Å². The zero-order valence-electron chi connectivity index (χ0n) is 9.30. The van der Waals surface area contributed by atoms with Gasteiger partial charge in [0.1, 0.15) is 13.2 Å². The molecule has 0 saturated heterocycles. The van der Waals surface area contributed by atoms with Gasteiger partial charge >= 0.3 is 0 Å². The van der Waals surface area contributed by atoms with Crippen molar-refractivity contribution in [3.8, 4) is 11.5 Å². The van der Waals surface area contributed by atoms with Crippen LogP contribution in [0.25, 0.3) is 0 Å². The van der Waals surface area contributed by atoms with E-state index in [-0.39, 0.29) is 0 Å². The lowest BCUT2D eigenvalue weighted by molar-refractivity contribution is 0.171. The molecule has 1 heterocycles. The quantitative estimate of drug-likeness (QED) is 0.815. The molecule has 1 aromatic carbocycles. The third-order valence-corrected chi connectivity index (χ3v) is 2.65. The second-order valence-corrected chi connectivity index (χ2v) is 3.78. The molecule has 1 aromatic rings. The number of benzene rings is 1. The monoisotopic (exact) mass is 207 g/mol. The van der Waals surface area contributed by atoms with Crippen LogP contribution in [0.15, 0.2) is 12.1 Å². The summed E-state index contributed by atoms with van der Waals surface area (Å²) in [7, 11) is 1.97. The van der Waals surface area contributed by atoms with Crippen LogP contribution >= 0.6 is 0 Å². The number of hydrogen-bond donors (Lipinski definition) is 1. The van der Waals surface area contributed by atoms with Crippen molar-refractivity contribution >= 4 is 0 Å². The van der Waals surface area contributed by atoms with E-state index < -0.39 is 0 Å². The average molecular weight is 207 g/mol. The summed E-state index contributed by atoms with van der Waals surface area (Å²) in [6.07, 6.45) is 1.03. The van der Waals surface area contributed by atoms with Crippen molar-refractivity contribution in [2.75, 3.05) is 26.8 Å². The van der Waals surface area contributed by atoms with E-state index in [1.165, 1.54) is 11.1 Å². The summed E-state index contributed by atoms with van der Waals surface area (Å²) in [5, 5.41) is 3.15. The SMILES string of the molecule is CNCCc1cc2c(cc1C)OCCO2. The normalized spacial score (nSPS) is 14.0. The van der Waals surface area contributed by atoms with Gasteiger partial charge < -0.3 is 14.8 Å². The van der Waals surface area contributed by atoms with Crippen molar-refractivity contribution in [2.24, 2.45) is 0 Å². The van der Waals surface area contributed by atoms with E-state index in [0.717, 1.165) is 24.5 Å². The summed E-state index contributed by atoms with van der Waals surface area (Å²) in [5.74, 6) is 1.77. The van der Waals surface area contributed by atoms with Crippen molar-refractivity contribution < 1.29 is 9.47 Å². The lowest BCUT2D eigenvalue weighted by atomic mass is 10.0. The van der Waals surface area contributed by atoms with Crippen LogP contribution in [-0.2, 0) is 6.42 Å². The summed E-state index contributed by atoms with van der Waals surface area (Å²) in [6, 6.07) is 4.17. The molecule has 3 nitrogen and oxygen atoms in total. The number of nitrogens with one attached hydrogen (secondary N) is 1. The molecule has 0 amide bonds. The Labute approximate surface area is 90.4 Å². The molecule has 0 fully saturated rings. The van der Waals surface area contributed by atoms with Gasteiger partial charge in [0.15, 0.2) is 11.5 Å². The molecule has 0 bridgehead atoms. The van der Waals surface area contributed by atoms with E-state index in [0.29, 0.717) is 13.2 Å². The smallest absolute Gasteiger partial charge is 0.161 e. The largest absolute Gasteiger partial charge is 0.486 e. The van der Waals surface area contributed by atoms with Gasteiger partial charge in [-0.15, -0.1) is 0 Å². The van der Waals surface area contributed by atoms with Crippen LogP contribution in [0.2, 0.25) is 0 Å². The Balaban J connectivity index is 2.24. The lowest BCUT2D eigenvalue weighted by Crippen LogP contribution is -2.16. The predicted octanol–water partition coefficient (Wildman–Crippen LogP) is 1.53. The molecule has 1 aliphatic rings. The van der Waals surface area contributed by atoms with Gasteiger partial charge in [-0.2, -0.15) is 0 Å². The molecule has 0 spiro atoms. The minimum Gasteiger partial charge on any atom is -0.486 e. The van der Waals surface area contributed by atoms with Gasteiger partial charge in [-0.05, 0) is 50.2 Å². The van der Waals surface area contributed by atoms with Crippen molar-refractivity contribution in [1.29, 1.82) is 0 Å². The Kier molecular flexibility index (Phi) is 3.11. The zero-order valence-corrected chi connectivity index (χ0v) is 9.30. The summed E-state index contributed by atoms with van der Waals surface area (Å²) < 4.78 is 11.1. The summed E-state index contributed by atoms with van der Waals surface area (Å²) in [5.41, 5.74) is 2.60. The van der Waals surface area contributed by atoms with Gasteiger partial charge in [0, 0.05) is 0 Å². The minimum absolute atomic E-state index is 0.654. The fourth-order valence-corrected chi connectivity index (χ4v) is 1.76. The maximum Gasteiger partial charge on any atom is 0.161 e. The Morgan fingerprint density at radius 1 is 1.20 bits per heavy atom. The van der Waals surface area contributed by atoms with Gasteiger partial charge in [-0.3, -0.25) is 0 Å². The maximum atomic E-state index is 5.55. The fourth-order valence-electron chi connectivity index (χ4n) is 1.76. The molecule has 1 aliphatic heterocycles. The Bertz CT molecular complexity index is 350. The molecule has 0 aromatic heterocycles. The average Bonchev–Trinajstić information content (AvgIpc) is 2.26. The van der Waals surface area contributed by atoms with Gasteiger partial charge in [0.25, 0.3) is 0 Å². The van der Waals surface area contributed by atoms with E-state index >= 15 is 0 Å². The summed E-state index contributed by atoms with van der Waals surface area (Å²) >= 11 is 0. The summed E-state index contributed by atoms with van der Waals surface area (Å²) in [4.78, 5) is 0. The molecule has 2 rings (SSSR count). The molecule has 0 aliphatic carbocycles. The second-order valence-electron chi connectivity index (χ2n) is 3.78. The minimum atomic E-state index is 0.654. The maximum absolute atomic E-state index is 5.55.